The maximum absolute atomic E-state index is 12.3. The summed E-state index contributed by atoms with van der Waals surface area (Å²) in [6.45, 7) is 7.76. The van der Waals surface area contributed by atoms with Crippen LogP contribution in [0, 0.1) is 0 Å². The molecule has 0 aliphatic carbocycles. The standard InChI is InChI=1S/C19H35N5O3S/c1-4-24(5-2)28(25,26)15-11-21-19(20-3)22-16-17(18-10-9-14-27-18)23-12-7-6-8-13-23/h9-10,14,17H,4-8,11-13,15-16H2,1-3H3,(H2,20,21,22). The zero-order chi connectivity index (χ0) is 20.4. The summed E-state index contributed by atoms with van der Waals surface area (Å²) in [6.07, 6.45) is 5.39. The van der Waals surface area contributed by atoms with E-state index in [0.717, 1.165) is 18.8 Å². The second kappa shape index (κ2) is 11.4. The van der Waals surface area contributed by atoms with Crippen LogP contribution in [0.2, 0.25) is 0 Å². The Kier molecular flexibility index (Phi) is 9.27. The van der Waals surface area contributed by atoms with Gasteiger partial charge in [-0.25, -0.2) is 12.7 Å². The third kappa shape index (κ3) is 6.49. The molecule has 1 saturated heterocycles. The molecule has 2 rings (SSSR count). The number of furan rings is 1. The summed E-state index contributed by atoms with van der Waals surface area (Å²) < 4.78 is 31.7. The molecule has 1 unspecified atom stereocenters. The second-order valence-corrected chi connectivity index (χ2v) is 9.00. The van der Waals surface area contributed by atoms with E-state index in [2.05, 4.69) is 20.5 Å². The highest BCUT2D eigenvalue weighted by Crippen LogP contribution is 2.24. The molecule has 2 heterocycles. The first-order valence-electron chi connectivity index (χ1n) is 10.2. The van der Waals surface area contributed by atoms with Gasteiger partial charge in [-0.3, -0.25) is 9.89 Å². The average molecular weight is 414 g/mol. The summed E-state index contributed by atoms with van der Waals surface area (Å²) in [5, 5.41) is 6.44. The number of guanidine groups is 1. The van der Waals surface area contributed by atoms with Crippen LogP contribution in [0.4, 0.5) is 0 Å². The Labute approximate surface area is 169 Å². The monoisotopic (exact) mass is 413 g/mol. The predicted molar refractivity (Wildman–Crippen MR) is 113 cm³/mol. The smallest absolute Gasteiger partial charge is 0.215 e. The molecule has 1 fully saturated rings. The molecule has 0 aromatic carbocycles. The lowest BCUT2D eigenvalue weighted by Crippen LogP contribution is -2.46. The van der Waals surface area contributed by atoms with Gasteiger partial charge in [-0.05, 0) is 38.1 Å². The number of hydrogen-bond donors (Lipinski definition) is 2. The van der Waals surface area contributed by atoms with Crippen molar-refractivity contribution in [2.75, 3.05) is 52.1 Å². The van der Waals surface area contributed by atoms with E-state index in [1.807, 2.05) is 26.0 Å². The van der Waals surface area contributed by atoms with Gasteiger partial charge in [0, 0.05) is 33.2 Å². The zero-order valence-electron chi connectivity index (χ0n) is 17.4. The van der Waals surface area contributed by atoms with Crippen LogP contribution in [0.15, 0.2) is 27.8 Å². The molecule has 2 N–H and O–H groups in total. The van der Waals surface area contributed by atoms with E-state index >= 15 is 0 Å². The quantitative estimate of drug-likeness (QED) is 0.448. The molecule has 9 heteroatoms. The summed E-state index contributed by atoms with van der Waals surface area (Å²) in [4.78, 5) is 6.67. The van der Waals surface area contributed by atoms with Gasteiger partial charge in [-0.2, -0.15) is 0 Å². The summed E-state index contributed by atoms with van der Waals surface area (Å²) in [5.74, 6) is 1.58. The summed E-state index contributed by atoms with van der Waals surface area (Å²) in [7, 11) is -1.55. The molecule has 1 aliphatic heterocycles. The number of rotatable bonds is 10. The summed E-state index contributed by atoms with van der Waals surface area (Å²) >= 11 is 0. The maximum atomic E-state index is 12.3. The van der Waals surface area contributed by atoms with Crippen LogP contribution in [-0.4, -0.2) is 75.7 Å². The van der Waals surface area contributed by atoms with E-state index in [1.165, 1.54) is 23.6 Å². The first-order valence-corrected chi connectivity index (χ1v) is 11.8. The average Bonchev–Trinajstić information content (AvgIpc) is 3.22. The molecule has 0 bridgehead atoms. The van der Waals surface area contributed by atoms with Crippen molar-refractivity contribution >= 4 is 16.0 Å². The van der Waals surface area contributed by atoms with Crippen LogP contribution in [0.25, 0.3) is 0 Å². The van der Waals surface area contributed by atoms with Crippen molar-refractivity contribution in [1.29, 1.82) is 0 Å². The minimum absolute atomic E-state index is 0.0448. The number of piperidine rings is 1. The highest BCUT2D eigenvalue weighted by atomic mass is 32.2. The molecule has 0 spiro atoms. The number of hydrogen-bond acceptors (Lipinski definition) is 5. The van der Waals surface area contributed by atoms with Gasteiger partial charge in [0.1, 0.15) is 5.76 Å². The molecule has 1 aromatic rings. The maximum Gasteiger partial charge on any atom is 0.215 e. The van der Waals surface area contributed by atoms with Crippen molar-refractivity contribution in [3.63, 3.8) is 0 Å². The van der Waals surface area contributed by atoms with Gasteiger partial charge in [0.05, 0.1) is 18.1 Å². The Morgan fingerprint density at radius 2 is 1.96 bits per heavy atom. The van der Waals surface area contributed by atoms with Crippen molar-refractivity contribution in [3.8, 4) is 0 Å². The fourth-order valence-corrected chi connectivity index (χ4v) is 4.98. The lowest BCUT2D eigenvalue weighted by Gasteiger charge is -2.33. The third-order valence-corrected chi connectivity index (χ3v) is 7.16. The van der Waals surface area contributed by atoms with Gasteiger partial charge in [0.2, 0.25) is 10.0 Å². The zero-order valence-corrected chi connectivity index (χ0v) is 18.2. The van der Waals surface area contributed by atoms with Crippen LogP contribution >= 0.6 is 0 Å². The van der Waals surface area contributed by atoms with Gasteiger partial charge in [-0.1, -0.05) is 20.3 Å². The molecule has 160 valence electrons. The number of nitrogens with one attached hydrogen (secondary N) is 2. The van der Waals surface area contributed by atoms with Crippen molar-refractivity contribution in [3.05, 3.63) is 24.2 Å². The molecular formula is C19H35N5O3S. The molecule has 28 heavy (non-hydrogen) atoms. The van der Waals surface area contributed by atoms with E-state index in [0.29, 0.717) is 32.1 Å². The van der Waals surface area contributed by atoms with E-state index in [9.17, 15) is 8.42 Å². The highest BCUT2D eigenvalue weighted by molar-refractivity contribution is 7.89. The van der Waals surface area contributed by atoms with Crippen LogP contribution < -0.4 is 10.6 Å². The normalized spacial score (nSPS) is 17.6. The summed E-state index contributed by atoms with van der Waals surface area (Å²) in [6, 6.07) is 4.05. The molecule has 1 aromatic heterocycles. The SMILES string of the molecule is CCN(CC)S(=O)(=O)CCNC(=NC)NCC(c1ccco1)N1CCCCC1. The van der Waals surface area contributed by atoms with E-state index in [-0.39, 0.29) is 11.8 Å². The topological polar surface area (TPSA) is 90.2 Å². The van der Waals surface area contributed by atoms with Crippen LogP contribution in [0.1, 0.15) is 44.9 Å². The second-order valence-electron chi connectivity index (χ2n) is 6.91. The first-order chi connectivity index (χ1) is 13.5. The van der Waals surface area contributed by atoms with E-state index < -0.39 is 10.0 Å². The van der Waals surface area contributed by atoms with Crippen molar-refractivity contribution in [1.82, 2.24) is 19.8 Å². The Morgan fingerprint density at radius 1 is 1.25 bits per heavy atom. The number of likely N-dealkylation sites (tertiary alicyclic amines) is 1. The van der Waals surface area contributed by atoms with Crippen molar-refractivity contribution < 1.29 is 12.8 Å². The van der Waals surface area contributed by atoms with Gasteiger partial charge < -0.3 is 15.1 Å². The molecular weight excluding hydrogens is 378 g/mol. The van der Waals surface area contributed by atoms with Gasteiger partial charge >= 0.3 is 0 Å². The molecule has 8 nitrogen and oxygen atoms in total. The lowest BCUT2D eigenvalue weighted by atomic mass is 10.1. The van der Waals surface area contributed by atoms with E-state index in [1.54, 1.807) is 13.3 Å². The molecule has 1 atom stereocenters. The van der Waals surface area contributed by atoms with Crippen molar-refractivity contribution in [2.24, 2.45) is 4.99 Å². The lowest BCUT2D eigenvalue weighted by molar-refractivity contribution is 0.146. The fourth-order valence-electron chi connectivity index (χ4n) is 3.58. The van der Waals surface area contributed by atoms with E-state index in [4.69, 9.17) is 4.42 Å². The van der Waals surface area contributed by atoms with Gasteiger partial charge in [0.25, 0.3) is 0 Å². The number of aliphatic imine (C=N–C) groups is 1. The third-order valence-electron chi connectivity index (χ3n) is 5.14. The predicted octanol–water partition coefficient (Wildman–Crippen LogP) is 1.64. The minimum atomic E-state index is -3.25. The Bertz CT molecular complexity index is 680. The Hall–Kier alpha value is -1.58. The first kappa shape index (κ1) is 22.7. The Balaban J connectivity index is 1.88. The molecule has 0 radical (unpaired) electrons. The van der Waals surface area contributed by atoms with Gasteiger partial charge in [-0.15, -0.1) is 0 Å². The van der Waals surface area contributed by atoms with Crippen LogP contribution in [0.5, 0.6) is 0 Å². The molecule has 0 saturated carbocycles. The summed E-state index contributed by atoms with van der Waals surface area (Å²) in [5.41, 5.74) is 0. The fraction of sp³-hybridized carbons (Fsp3) is 0.737. The van der Waals surface area contributed by atoms with Crippen LogP contribution in [0.3, 0.4) is 0 Å². The van der Waals surface area contributed by atoms with Gasteiger partial charge in [0.15, 0.2) is 5.96 Å². The van der Waals surface area contributed by atoms with Crippen LogP contribution in [-0.2, 0) is 10.0 Å². The van der Waals surface area contributed by atoms with Crippen molar-refractivity contribution in [2.45, 2.75) is 39.2 Å². The highest BCUT2D eigenvalue weighted by Gasteiger charge is 2.24. The molecule has 1 aliphatic rings. The minimum Gasteiger partial charge on any atom is -0.468 e. The molecule has 0 amide bonds. The number of nitrogens with zero attached hydrogens (tertiary/aromatic N) is 3. The Morgan fingerprint density at radius 3 is 2.54 bits per heavy atom. The largest absolute Gasteiger partial charge is 0.468 e. The number of sulfonamides is 1.